The van der Waals surface area contributed by atoms with Crippen molar-refractivity contribution >= 4 is 5.97 Å². The van der Waals surface area contributed by atoms with Crippen molar-refractivity contribution in [2.24, 2.45) is 11.7 Å². The van der Waals surface area contributed by atoms with Crippen LogP contribution in [0.5, 0.6) is 0 Å². The third-order valence-corrected chi connectivity index (χ3v) is 4.16. The fraction of sp³-hybridized carbons (Fsp3) is 0.526. The SMILES string of the molecule is NC(CCc1cccc(C#CC2CCCCC2)c1)OC(=O)C(F)(F)F. The van der Waals surface area contributed by atoms with E-state index in [1.807, 2.05) is 24.3 Å². The molecule has 0 spiro atoms. The minimum atomic E-state index is -5.02. The molecule has 1 aliphatic rings. The van der Waals surface area contributed by atoms with Gasteiger partial charge in [0.25, 0.3) is 0 Å². The second-order valence-corrected chi connectivity index (χ2v) is 6.28. The lowest BCUT2D eigenvalue weighted by Gasteiger charge is -2.15. The van der Waals surface area contributed by atoms with E-state index in [4.69, 9.17) is 5.73 Å². The minimum Gasteiger partial charge on any atom is -0.440 e. The average Bonchev–Trinajstić information content (AvgIpc) is 2.59. The molecule has 0 radical (unpaired) electrons. The Labute approximate surface area is 145 Å². The predicted octanol–water partition coefficient (Wildman–Crippen LogP) is 3.94. The van der Waals surface area contributed by atoms with Crippen molar-refractivity contribution in [2.75, 3.05) is 0 Å². The molecule has 1 aromatic rings. The topological polar surface area (TPSA) is 52.3 Å². The molecule has 1 atom stereocenters. The van der Waals surface area contributed by atoms with Crippen LogP contribution >= 0.6 is 0 Å². The maximum absolute atomic E-state index is 12.1. The monoisotopic (exact) mass is 353 g/mol. The smallest absolute Gasteiger partial charge is 0.440 e. The number of rotatable bonds is 4. The molecule has 1 aliphatic carbocycles. The number of ether oxygens (including phenoxy) is 1. The summed E-state index contributed by atoms with van der Waals surface area (Å²) in [4.78, 5) is 10.7. The summed E-state index contributed by atoms with van der Waals surface area (Å²) in [6, 6.07) is 7.51. The molecule has 0 saturated heterocycles. The number of carbonyl (C=O) groups is 1. The highest BCUT2D eigenvalue weighted by molar-refractivity contribution is 5.75. The van der Waals surface area contributed by atoms with Crippen molar-refractivity contribution in [3.63, 3.8) is 0 Å². The van der Waals surface area contributed by atoms with Crippen molar-refractivity contribution in [2.45, 2.75) is 57.3 Å². The molecule has 0 bridgehead atoms. The van der Waals surface area contributed by atoms with Gasteiger partial charge < -0.3 is 4.74 Å². The lowest BCUT2D eigenvalue weighted by atomic mass is 9.89. The molecule has 25 heavy (non-hydrogen) atoms. The highest BCUT2D eigenvalue weighted by atomic mass is 19.4. The normalized spacial score (nSPS) is 16.6. The van der Waals surface area contributed by atoms with Gasteiger partial charge in [-0.25, -0.2) is 4.79 Å². The number of hydrogen-bond donors (Lipinski definition) is 1. The fourth-order valence-corrected chi connectivity index (χ4v) is 2.81. The van der Waals surface area contributed by atoms with Crippen LogP contribution in [-0.4, -0.2) is 18.4 Å². The van der Waals surface area contributed by atoms with Gasteiger partial charge in [-0.05, 0) is 37.0 Å². The summed E-state index contributed by atoms with van der Waals surface area (Å²) in [7, 11) is 0. The van der Waals surface area contributed by atoms with E-state index in [2.05, 4.69) is 16.6 Å². The zero-order valence-corrected chi connectivity index (χ0v) is 13.9. The number of aryl methyl sites for hydroxylation is 1. The van der Waals surface area contributed by atoms with Gasteiger partial charge in [0.1, 0.15) is 0 Å². The molecule has 1 saturated carbocycles. The Morgan fingerprint density at radius 2 is 2.00 bits per heavy atom. The molecule has 0 amide bonds. The Morgan fingerprint density at radius 3 is 2.68 bits per heavy atom. The van der Waals surface area contributed by atoms with Gasteiger partial charge in [0, 0.05) is 17.9 Å². The van der Waals surface area contributed by atoms with E-state index in [0.717, 1.165) is 24.0 Å². The van der Waals surface area contributed by atoms with E-state index in [1.54, 1.807) is 0 Å². The maximum Gasteiger partial charge on any atom is 0.490 e. The molecule has 0 heterocycles. The first-order chi connectivity index (χ1) is 11.8. The molecular formula is C19H22F3NO2. The lowest BCUT2D eigenvalue weighted by Crippen LogP contribution is -2.34. The number of hydrogen-bond acceptors (Lipinski definition) is 3. The van der Waals surface area contributed by atoms with Gasteiger partial charge in [-0.3, -0.25) is 5.73 Å². The third-order valence-electron chi connectivity index (χ3n) is 4.16. The van der Waals surface area contributed by atoms with E-state index in [-0.39, 0.29) is 6.42 Å². The van der Waals surface area contributed by atoms with Crippen LogP contribution in [0.4, 0.5) is 13.2 Å². The molecule has 0 aliphatic heterocycles. The summed E-state index contributed by atoms with van der Waals surface area (Å²) in [6.45, 7) is 0. The minimum absolute atomic E-state index is 0.112. The van der Waals surface area contributed by atoms with Gasteiger partial charge in [-0.1, -0.05) is 43.2 Å². The Hall–Kier alpha value is -2.00. The number of carbonyl (C=O) groups excluding carboxylic acids is 1. The van der Waals surface area contributed by atoms with Gasteiger partial charge in [0.2, 0.25) is 0 Å². The summed E-state index contributed by atoms with van der Waals surface area (Å²) >= 11 is 0. The maximum atomic E-state index is 12.1. The first-order valence-electron chi connectivity index (χ1n) is 8.48. The summed E-state index contributed by atoms with van der Waals surface area (Å²) in [6.07, 6.45) is 0.247. The van der Waals surface area contributed by atoms with Gasteiger partial charge in [-0.2, -0.15) is 13.2 Å². The van der Waals surface area contributed by atoms with Crippen molar-refractivity contribution in [1.29, 1.82) is 0 Å². The van der Waals surface area contributed by atoms with Gasteiger partial charge >= 0.3 is 12.1 Å². The first-order valence-corrected chi connectivity index (χ1v) is 8.48. The second kappa shape index (κ2) is 8.91. The molecule has 2 N–H and O–H groups in total. The largest absolute Gasteiger partial charge is 0.490 e. The molecule has 1 unspecified atom stereocenters. The Balaban J connectivity index is 1.86. The molecule has 6 heteroatoms. The number of benzene rings is 1. The van der Waals surface area contributed by atoms with Crippen LogP contribution in [0, 0.1) is 17.8 Å². The van der Waals surface area contributed by atoms with Crippen molar-refractivity contribution in [1.82, 2.24) is 0 Å². The van der Waals surface area contributed by atoms with Crippen LogP contribution in [0.25, 0.3) is 0 Å². The predicted molar refractivity (Wildman–Crippen MR) is 88.3 cm³/mol. The number of nitrogens with two attached hydrogens (primary N) is 1. The van der Waals surface area contributed by atoms with Crippen LogP contribution in [0.15, 0.2) is 24.3 Å². The molecule has 136 valence electrons. The van der Waals surface area contributed by atoms with Crippen molar-refractivity contribution in [3.05, 3.63) is 35.4 Å². The standard InChI is InChI=1S/C19H22F3NO2/c20-19(21,22)18(24)25-17(23)12-11-16-8-4-7-15(13-16)10-9-14-5-2-1-3-6-14/h4,7-8,13-14,17H,1-3,5-6,11-12,23H2. The third kappa shape index (κ3) is 6.79. The van der Waals surface area contributed by atoms with Crippen LogP contribution in [0.2, 0.25) is 0 Å². The van der Waals surface area contributed by atoms with E-state index in [9.17, 15) is 18.0 Å². The van der Waals surface area contributed by atoms with Crippen molar-refractivity contribution in [3.8, 4) is 11.8 Å². The van der Waals surface area contributed by atoms with E-state index in [1.165, 1.54) is 19.3 Å². The number of esters is 1. The number of alkyl halides is 3. The van der Waals surface area contributed by atoms with E-state index < -0.39 is 18.4 Å². The van der Waals surface area contributed by atoms with Crippen LogP contribution in [0.3, 0.4) is 0 Å². The highest BCUT2D eigenvalue weighted by Crippen LogP contribution is 2.23. The van der Waals surface area contributed by atoms with Crippen LogP contribution in [0.1, 0.15) is 49.7 Å². The Kier molecular flexibility index (Phi) is 6.89. The first kappa shape index (κ1) is 19.3. The molecule has 1 aromatic carbocycles. The Bertz CT molecular complexity index is 640. The molecular weight excluding hydrogens is 331 g/mol. The average molecular weight is 353 g/mol. The molecule has 0 aromatic heterocycles. The van der Waals surface area contributed by atoms with Crippen LogP contribution < -0.4 is 5.73 Å². The quantitative estimate of drug-likeness (QED) is 0.507. The number of halogens is 3. The molecule has 3 nitrogen and oxygen atoms in total. The summed E-state index contributed by atoms with van der Waals surface area (Å²) in [5.74, 6) is 4.68. The van der Waals surface area contributed by atoms with Gasteiger partial charge in [0.05, 0.1) is 0 Å². The Morgan fingerprint density at radius 1 is 1.28 bits per heavy atom. The van der Waals surface area contributed by atoms with E-state index in [0.29, 0.717) is 12.3 Å². The van der Waals surface area contributed by atoms with Crippen LogP contribution in [-0.2, 0) is 16.0 Å². The summed E-state index contributed by atoms with van der Waals surface area (Å²) < 4.78 is 40.5. The molecule has 2 rings (SSSR count). The molecule has 1 fully saturated rings. The highest BCUT2D eigenvalue weighted by Gasteiger charge is 2.41. The second-order valence-electron chi connectivity index (χ2n) is 6.28. The summed E-state index contributed by atoms with van der Waals surface area (Å²) in [5, 5.41) is 0. The van der Waals surface area contributed by atoms with Gasteiger partial charge in [0.15, 0.2) is 6.23 Å². The zero-order chi connectivity index (χ0) is 18.3. The summed E-state index contributed by atoms with van der Waals surface area (Å²) in [5.41, 5.74) is 7.22. The zero-order valence-electron chi connectivity index (χ0n) is 13.9. The van der Waals surface area contributed by atoms with E-state index >= 15 is 0 Å². The van der Waals surface area contributed by atoms with Gasteiger partial charge in [-0.15, -0.1) is 0 Å². The fourth-order valence-electron chi connectivity index (χ4n) is 2.81. The lowest BCUT2D eigenvalue weighted by molar-refractivity contribution is -0.204. The van der Waals surface area contributed by atoms with Crippen molar-refractivity contribution < 1.29 is 22.7 Å².